The third kappa shape index (κ3) is 4.44. The van der Waals surface area contributed by atoms with E-state index in [2.05, 4.69) is 0 Å². The molecule has 0 saturated carbocycles. The van der Waals surface area contributed by atoms with E-state index in [0.717, 1.165) is 23.5 Å². The largest absolute Gasteiger partial charge is 0.394 e. The second-order valence-corrected chi connectivity index (χ2v) is 7.25. The number of carbonyl (C=O) groups excluding carboxylic acids is 2. The van der Waals surface area contributed by atoms with Gasteiger partial charge in [-0.05, 0) is 11.6 Å². The lowest BCUT2D eigenvalue weighted by molar-refractivity contribution is -0.415. The molecule has 0 unspecified atom stereocenters. The van der Waals surface area contributed by atoms with Gasteiger partial charge in [0, 0.05) is 11.3 Å². The highest BCUT2D eigenvalue weighted by molar-refractivity contribution is 6.00. The summed E-state index contributed by atoms with van der Waals surface area (Å²) in [6.07, 6.45) is 0. The van der Waals surface area contributed by atoms with Crippen LogP contribution >= 0.6 is 0 Å². The summed E-state index contributed by atoms with van der Waals surface area (Å²) in [5.41, 5.74) is -1.01. The Labute approximate surface area is 198 Å². The van der Waals surface area contributed by atoms with E-state index in [1.807, 2.05) is 0 Å². The van der Waals surface area contributed by atoms with Crippen molar-refractivity contribution in [2.24, 2.45) is 0 Å². The molecular weight excluding hydrogens is 544 g/mol. The SMILES string of the molecule is O=C(NO)C(F)(F)C(F)(F)C(F)(F)C(F)(F)C(F)(F)C(F)(F)C(=O)Nc1ccccc1-c1ccccc1. The van der Waals surface area contributed by atoms with E-state index < -0.39 is 53.0 Å². The van der Waals surface area contributed by atoms with Crippen molar-refractivity contribution in [2.45, 2.75) is 35.5 Å². The molecule has 37 heavy (non-hydrogen) atoms. The fourth-order valence-electron chi connectivity index (χ4n) is 2.81. The summed E-state index contributed by atoms with van der Waals surface area (Å²) < 4.78 is 166. The van der Waals surface area contributed by atoms with Crippen LogP contribution in [0.15, 0.2) is 54.6 Å². The first-order valence-electron chi connectivity index (χ1n) is 9.39. The Morgan fingerprint density at radius 2 is 0.973 bits per heavy atom. The number of hydrogen-bond acceptors (Lipinski definition) is 3. The number of alkyl halides is 12. The van der Waals surface area contributed by atoms with Crippen LogP contribution in [-0.4, -0.2) is 52.6 Å². The number of amides is 2. The molecular formula is C20H12F12N2O3. The van der Waals surface area contributed by atoms with E-state index in [4.69, 9.17) is 5.21 Å². The normalized spacial score (nSPS) is 13.8. The van der Waals surface area contributed by atoms with E-state index >= 15 is 0 Å². The number of hydroxylamine groups is 1. The zero-order valence-corrected chi connectivity index (χ0v) is 17.5. The summed E-state index contributed by atoms with van der Waals surface area (Å²) in [5, 5.41) is 9.04. The molecule has 2 amide bonds. The van der Waals surface area contributed by atoms with Gasteiger partial charge in [-0.3, -0.25) is 14.8 Å². The monoisotopic (exact) mass is 556 g/mol. The molecule has 17 heteroatoms. The Balaban J connectivity index is 2.51. The maximum atomic E-state index is 14.2. The topological polar surface area (TPSA) is 78.4 Å². The van der Waals surface area contributed by atoms with Crippen molar-refractivity contribution in [1.29, 1.82) is 0 Å². The van der Waals surface area contributed by atoms with Crippen molar-refractivity contribution in [1.82, 2.24) is 5.48 Å². The van der Waals surface area contributed by atoms with Crippen LogP contribution in [0.25, 0.3) is 11.1 Å². The van der Waals surface area contributed by atoms with Crippen LogP contribution in [0, 0.1) is 0 Å². The minimum absolute atomic E-state index is 0.158. The molecule has 0 saturated heterocycles. The lowest BCUT2D eigenvalue weighted by Gasteiger charge is -2.40. The number of hydrogen-bond donors (Lipinski definition) is 3. The highest BCUT2D eigenvalue weighted by Gasteiger charge is 2.92. The van der Waals surface area contributed by atoms with Gasteiger partial charge in [0.25, 0.3) is 0 Å². The number of para-hydroxylation sites is 1. The smallest absolute Gasteiger partial charge is 0.320 e. The highest BCUT2D eigenvalue weighted by Crippen LogP contribution is 2.60. The van der Waals surface area contributed by atoms with Gasteiger partial charge in [-0.15, -0.1) is 0 Å². The van der Waals surface area contributed by atoms with E-state index in [0.29, 0.717) is 0 Å². The summed E-state index contributed by atoms with van der Waals surface area (Å²) in [6.45, 7) is 0. The molecule has 0 aliphatic carbocycles. The average Bonchev–Trinajstić information content (AvgIpc) is 2.83. The second kappa shape index (κ2) is 9.42. The summed E-state index contributed by atoms with van der Waals surface area (Å²) in [4.78, 5) is 22.5. The van der Waals surface area contributed by atoms with Crippen molar-refractivity contribution >= 4 is 17.5 Å². The van der Waals surface area contributed by atoms with Crippen LogP contribution in [0.4, 0.5) is 58.4 Å². The van der Waals surface area contributed by atoms with Crippen LogP contribution in [0.3, 0.4) is 0 Å². The number of carbonyl (C=O) groups is 2. The van der Waals surface area contributed by atoms with Crippen molar-refractivity contribution in [2.75, 3.05) is 5.32 Å². The Morgan fingerprint density at radius 1 is 0.568 bits per heavy atom. The standard InChI is InChI=1S/C20H12F12N2O3/c21-15(22,13(35)33-12-9-5-4-8-11(12)10-6-2-1-3-7-10)17(25,26)19(29,30)20(31,32)18(27,28)16(23,24)14(36)34-37/h1-9,37H,(H,33,35)(H,34,36). The van der Waals surface area contributed by atoms with E-state index in [1.165, 1.54) is 36.4 Å². The summed E-state index contributed by atoms with van der Waals surface area (Å²) in [5.74, 6) is -52.8. The fraction of sp³-hybridized carbons (Fsp3) is 0.300. The molecule has 0 fully saturated rings. The summed E-state index contributed by atoms with van der Waals surface area (Å²) in [7, 11) is 0. The molecule has 2 rings (SSSR count). The molecule has 204 valence electrons. The fourth-order valence-corrected chi connectivity index (χ4v) is 2.81. The first-order chi connectivity index (χ1) is 16.7. The van der Waals surface area contributed by atoms with E-state index in [9.17, 15) is 62.3 Å². The molecule has 0 aliphatic heterocycles. The quantitative estimate of drug-likeness (QED) is 0.214. The number of rotatable bonds is 9. The molecule has 3 N–H and O–H groups in total. The third-order valence-corrected chi connectivity index (χ3v) is 4.90. The van der Waals surface area contributed by atoms with Crippen molar-refractivity contribution in [3.8, 4) is 11.1 Å². The Kier molecular flexibility index (Phi) is 7.57. The van der Waals surface area contributed by atoms with Gasteiger partial charge in [-0.25, -0.2) is 5.48 Å². The second-order valence-electron chi connectivity index (χ2n) is 7.25. The van der Waals surface area contributed by atoms with Crippen molar-refractivity contribution in [3.63, 3.8) is 0 Å². The predicted molar refractivity (Wildman–Crippen MR) is 100 cm³/mol. The van der Waals surface area contributed by atoms with Crippen LogP contribution in [0.2, 0.25) is 0 Å². The minimum atomic E-state index is -8.09. The minimum Gasteiger partial charge on any atom is -0.320 e. The molecule has 2 aromatic rings. The number of anilines is 1. The maximum Gasteiger partial charge on any atom is 0.394 e. The average molecular weight is 556 g/mol. The van der Waals surface area contributed by atoms with Gasteiger partial charge in [-0.2, -0.15) is 52.7 Å². The van der Waals surface area contributed by atoms with Crippen LogP contribution in [-0.2, 0) is 9.59 Å². The molecule has 0 aliphatic rings. The zero-order valence-electron chi connectivity index (χ0n) is 17.5. The van der Waals surface area contributed by atoms with Gasteiger partial charge >= 0.3 is 47.3 Å². The third-order valence-electron chi connectivity index (χ3n) is 4.90. The van der Waals surface area contributed by atoms with Gasteiger partial charge in [-0.1, -0.05) is 48.5 Å². The molecule has 0 bridgehead atoms. The van der Waals surface area contributed by atoms with Crippen LogP contribution in [0.1, 0.15) is 0 Å². The number of halogens is 12. The van der Waals surface area contributed by atoms with Gasteiger partial charge < -0.3 is 5.32 Å². The number of nitrogens with one attached hydrogen (secondary N) is 2. The maximum absolute atomic E-state index is 14.2. The molecule has 0 radical (unpaired) electrons. The molecule has 0 spiro atoms. The number of benzene rings is 2. The predicted octanol–water partition coefficient (Wildman–Crippen LogP) is 5.61. The van der Waals surface area contributed by atoms with E-state index in [1.54, 1.807) is 0 Å². The Morgan fingerprint density at radius 3 is 1.43 bits per heavy atom. The van der Waals surface area contributed by atoms with Gasteiger partial charge in [0.1, 0.15) is 0 Å². The molecule has 0 aromatic heterocycles. The first kappa shape index (κ1) is 29.7. The van der Waals surface area contributed by atoms with Crippen molar-refractivity contribution in [3.05, 3.63) is 54.6 Å². The highest BCUT2D eigenvalue weighted by atomic mass is 19.4. The van der Waals surface area contributed by atoms with Crippen molar-refractivity contribution < 1.29 is 67.5 Å². The Bertz CT molecular complexity index is 1160. The summed E-state index contributed by atoms with van der Waals surface area (Å²) in [6, 6.07) is 11.2. The zero-order chi connectivity index (χ0) is 28.7. The first-order valence-corrected chi connectivity index (χ1v) is 9.39. The molecule has 0 heterocycles. The van der Waals surface area contributed by atoms with Gasteiger partial charge in [0.2, 0.25) is 0 Å². The van der Waals surface area contributed by atoms with Gasteiger partial charge in [0.15, 0.2) is 0 Å². The lowest BCUT2D eigenvalue weighted by atomic mass is 9.90. The van der Waals surface area contributed by atoms with Gasteiger partial charge in [0.05, 0.1) is 0 Å². The molecule has 5 nitrogen and oxygen atoms in total. The molecule has 2 aromatic carbocycles. The van der Waals surface area contributed by atoms with Crippen LogP contribution < -0.4 is 10.8 Å². The lowest BCUT2D eigenvalue weighted by Crippen LogP contribution is -2.73. The Hall–Kier alpha value is -3.50. The van der Waals surface area contributed by atoms with E-state index in [-0.39, 0.29) is 16.6 Å². The summed E-state index contributed by atoms with van der Waals surface area (Å²) >= 11 is 0. The molecule has 0 atom stereocenters. The van der Waals surface area contributed by atoms with Crippen LogP contribution in [0.5, 0.6) is 0 Å².